The Morgan fingerprint density at radius 1 is 1.20 bits per heavy atom. The number of rotatable bonds is 7. The number of benzene rings is 1. The van der Waals surface area contributed by atoms with E-state index < -0.39 is 18.0 Å². The van der Waals surface area contributed by atoms with E-state index in [1.165, 1.54) is 13.3 Å². The second-order valence-corrected chi connectivity index (χ2v) is 8.29. The first-order chi connectivity index (χ1) is 14.4. The van der Waals surface area contributed by atoms with E-state index in [9.17, 15) is 19.2 Å². The van der Waals surface area contributed by atoms with Crippen molar-refractivity contribution in [3.8, 4) is 0 Å². The molecule has 1 aromatic carbocycles. The van der Waals surface area contributed by atoms with E-state index in [-0.39, 0.29) is 24.7 Å². The van der Waals surface area contributed by atoms with Crippen LogP contribution in [0.2, 0.25) is 0 Å². The fourth-order valence-corrected chi connectivity index (χ4v) is 4.64. The Hall–Kier alpha value is -3.16. The summed E-state index contributed by atoms with van der Waals surface area (Å²) in [7, 11) is 0. The van der Waals surface area contributed by atoms with Crippen molar-refractivity contribution in [2.75, 3.05) is 16.8 Å². The van der Waals surface area contributed by atoms with Gasteiger partial charge in [-0.1, -0.05) is 18.2 Å². The number of nitrogens with one attached hydrogen (secondary N) is 3. The number of nitrogens with zero attached hydrogens (tertiary/aromatic N) is 1. The number of anilines is 2. The van der Waals surface area contributed by atoms with Gasteiger partial charge in [-0.15, -0.1) is 0 Å². The maximum absolute atomic E-state index is 12.7. The van der Waals surface area contributed by atoms with E-state index in [2.05, 4.69) is 28.1 Å². The highest BCUT2D eigenvalue weighted by atomic mass is 16.2. The molecule has 3 aliphatic rings. The maximum atomic E-state index is 12.7. The lowest BCUT2D eigenvalue weighted by Gasteiger charge is -2.18. The second-order valence-electron chi connectivity index (χ2n) is 8.29. The number of imide groups is 1. The minimum absolute atomic E-state index is 0.102. The highest BCUT2D eigenvalue weighted by molar-refractivity contribution is 6.21. The predicted molar refractivity (Wildman–Crippen MR) is 112 cm³/mol. The molecule has 0 aromatic heterocycles. The molecule has 2 fully saturated rings. The van der Waals surface area contributed by atoms with Crippen LogP contribution in [0.4, 0.5) is 16.2 Å². The van der Waals surface area contributed by atoms with Crippen LogP contribution < -0.4 is 20.9 Å². The van der Waals surface area contributed by atoms with Gasteiger partial charge in [-0.3, -0.25) is 14.4 Å². The van der Waals surface area contributed by atoms with Crippen molar-refractivity contribution in [3.63, 3.8) is 0 Å². The van der Waals surface area contributed by atoms with Crippen LogP contribution in [0.1, 0.15) is 32.6 Å². The van der Waals surface area contributed by atoms with Gasteiger partial charge in [-0.25, -0.2) is 9.69 Å². The van der Waals surface area contributed by atoms with Crippen LogP contribution in [0.25, 0.3) is 0 Å². The molecule has 2 bridgehead atoms. The van der Waals surface area contributed by atoms with Gasteiger partial charge in [0.25, 0.3) is 5.91 Å². The SMILES string of the molecule is CC(=O)Nc1cccc(N2C(=O)N[C@@H](CCC(=O)NC[C@H]3C[C@H]4C=C[C@H]3C4)C2=O)c1. The molecular formula is C22H26N4O4. The van der Waals surface area contributed by atoms with Crippen LogP contribution in [0.15, 0.2) is 36.4 Å². The van der Waals surface area contributed by atoms with Gasteiger partial charge < -0.3 is 16.0 Å². The van der Waals surface area contributed by atoms with Gasteiger partial charge in [-0.2, -0.15) is 0 Å². The lowest BCUT2D eigenvalue weighted by atomic mass is 9.93. The van der Waals surface area contributed by atoms with Crippen molar-refractivity contribution in [1.82, 2.24) is 10.6 Å². The zero-order valence-corrected chi connectivity index (χ0v) is 16.9. The maximum Gasteiger partial charge on any atom is 0.329 e. The molecule has 1 aromatic rings. The van der Waals surface area contributed by atoms with E-state index in [4.69, 9.17) is 0 Å². The molecule has 4 rings (SSSR count). The Bertz CT molecular complexity index is 912. The van der Waals surface area contributed by atoms with Crippen LogP contribution in [-0.2, 0) is 14.4 Å². The van der Waals surface area contributed by atoms with Crippen molar-refractivity contribution in [2.45, 2.75) is 38.6 Å². The molecule has 4 atom stereocenters. The number of hydrogen-bond acceptors (Lipinski definition) is 4. The Morgan fingerprint density at radius 3 is 2.73 bits per heavy atom. The zero-order valence-electron chi connectivity index (χ0n) is 16.9. The Labute approximate surface area is 175 Å². The molecule has 5 amide bonds. The highest BCUT2D eigenvalue weighted by Gasteiger charge is 2.39. The number of allylic oxidation sites excluding steroid dienone is 2. The average Bonchev–Trinajstić information content (AvgIpc) is 3.39. The fraction of sp³-hybridized carbons (Fsp3) is 0.455. The summed E-state index contributed by atoms with van der Waals surface area (Å²) >= 11 is 0. The third kappa shape index (κ3) is 4.22. The van der Waals surface area contributed by atoms with Gasteiger partial charge >= 0.3 is 6.03 Å². The minimum atomic E-state index is -0.738. The van der Waals surface area contributed by atoms with Crippen molar-refractivity contribution >= 4 is 35.1 Å². The van der Waals surface area contributed by atoms with Crippen LogP contribution in [0.5, 0.6) is 0 Å². The quantitative estimate of drug-likeness (QED) is 0.473. The summed E-state index contributed by atoms with van der Waals surface area (Å²) in [6.07, 6.45) is 7.28. The van der Waals surface area contributed by atoms with E-state index in [1.807, 2.05) is 0 Å². The molecule has 2 aliphatic carbocycles. The number of carbonyl (C=O) groups excluding carboxylic acids is 4. The number of fused-ring (bicyclic) bond motifs is 2. The summed E-state index contributed by atoms with van der Waals surface area (Å²) in [5, 5.41) is 8.26. The Morgan fingerprint density at radius 2 is 2.03 bits per heavy atom. The number of hydrogen-bond donors (Lipinski definition) is 3. The van der Waals surface area contributed by atoms with Gasteiger partial charge in [0.1, 0.15) is 6.04 Å². The van der Waals surface area contributed by atoms with Crippen LogP contribution >= 0.6 is 0 Å². The molecule has 3 N–H and O–H groups in total. The molecule has 0 unspecified atom stereocenters. The fourth-order valence-electron chi connectivity index (χ4n) is 4.64. The van der Waals surface area contributed by atoms with Crippen molar-refractivity contribution in [2.24, 2.45) is 17.8 Å². The predicted octanol–water partition coefficient (Wildman–Crippen LogP) is 2.18. The molecule has 1 aliphatic heterocycles. The van der Waals surface area contributed by atoms with E-state index in [1.54, 1.807) is 24.3 Å². The molecule has 0 radical (unpaired) electrons. The van der Waals surface area contributed by atoms with Gasteiger partial charge in [0.2, 0.25) is 11.8 Å². The summed E-state index contributed by atoms with van der Waals surface area (Å²) < 4.78 is 0. The molecular weight excluding hydrogens is 384 g/mol. The molecule has 158 valence electrons. The van der Waals surface area contributed by atoms with Gasteiger partial charge in [0.15, 0.2) is 0 Å². The van der Waals surface area contributed by atoms with Crippen molar-refractivity contribution in [3.05, 3.63) is 36.4 Å². The van der Waals surface area contributed by atoms with Gasteiger partial charge in [0, 0.05) is 25.6 Å². The molecule has 1 saturated carbocycles. The normalized spacial score (nSPS) is 26.8. The minimum Gasteiger partial charge on any atom is -0.356 e. The molecule has 30 heavy (non-hydrogen) atoms. The smallest absolute Gasteiger partial charge is 0.329 e. The van der Waals surface area contributed by atoms with Crippen LogP contribution in [-0.4, -0.2) is 36.3 Å². The summed E-state index contributed by atoms with van der Waals surface area (Å²) in [6.45, 7) is 2.05. The number of urea groups is 1. The Balaban J connectivity index is 1.29. The van der Waals surface area contributed by atoms with Gasteiger partial charge in [0.05, 0.1) is 5.69 Å². The Kier molecular flexibility index (Phi) is 5.57. The second kappa shape index (κ2) is 8.30. The first-order valence-electron chi connectivity index (χ1n) is 10.4. The van der Waals surface area contributed by atoms with Crippen LogP contribution in [0, 0.1) is 17.8 Å². The summed E-state index contributed by atoms with van der Waals surface area (Å²) in [5.41, 5.74) is 0.874. The van der Waals surface area contributed by atoms with E-state index in [0.29, 0.717) is 35.7 Å². The number of amides is 5. The third-order valence-electron chi connectivity index (χ3n) is 6.08. The molecule has 1 saturated heterocycles. The number of carbonyl (C=O) groups is 4. The standard InChI is InChI=1S/C22H26N4O4/c1-13(27)24-17-3-2-4-18(11-17)26-21(29)19(25-22(26)30)7-8-20(28)23-12-16-10-14-5-6-15(16)9-14/h2-6,11,14-16,19H,7-10,12H2,1H3,(H,23,28)(H,24,27)(H,25,30)/t14-,15-,16+,19-/m0/s1. The summed E-state index contributed by atoms with van der Waals surface area (Å²) in [4.78, 5) is 49.6. The lowest BCUT2D eigenvalue weighted by Crippen LogP contribution is -2.34. The monoisotopic (exact) mass is 410 g/mol. The topological polar surface area (TPSA) is 108 Å². The molecule has 8 nitrogen and oxygen atoms in total. The largest absolute Gasteiger partial charge is 0.356 e. The van der Waals surface area contributed by atoms with E-state index in [0.717, 1.165) is 11.3 Å². The van der Waals surface area contributed by atoms with Crippen LogP contribution in [0.3, 0.4) is 0 Å². The molecule has 8 heteroatoms. The first-order valence-corrected chi connectivity index (χ1v) is 10.4. The third-order valence-corrected chi connectivity index (χ3v) is 6.08. The summed E-state index contributed by atoms with van der Waals surface area (Å²) in [5.74, 6) is 1.00. The highest BCUT2D eigenvalue weighted by Crippen LogP contribution is 2.42. The average molecular weight is 410 g/mol. The lowest BCUT2D eigenvalue weighted by molar-refractivity contribution is -0.122. The summed E-state index contributed by atoms with van der Waals surface area (Å²) in [6, 6.07) is 5.26. The van der Waals surface area contributed by atoms with E-state index >= 15 is 0 Å². The van der Waals surface area contributed by atoms with Crippen molar-refractivity contribution in [1.29, 1.82) is 0 Å². The molecule has 0 spiro atoms. The van der Waals surface area contributed by atoms with Crippen molar-refractivity contribution < 1.29 is 19.2 Å². The molecule has 1 heterocycles. The first kappa shape index (κ1) is 20.1. The zero-order chi connectivity index (χ0) is 21.3. The van der Waals surface area contributed by atoms with Gasteiger partial charge in [-0.05, 0) is 55.2 Å².